The molecule has 0 atom stereocenters. The van der Waals surface area contributed by atoms with Gasteiger partial charge in [-0.2, -0.15) is 0 Å². The molecule has 1 saturated carbocycles. The zero-order valence-corrected chi connectivity index (χ0v) is 9.11. The molecule has 5 heteroatoms. The molecular formula is C10H13ClN4. The SMILES string of the molecule is NC1(C2CC2)CN(c2ncncc2Cl)C1. The van der Waals surface area contributed by atoms with E-state index in [9.17, 15) is 0 Å². The second-order valence-electron chi connectivity index (χ2n) is 4.56. The van der Waals surface area contributed by atoms with Gasteiger partial charge in [-0.1, -0.05) is 11.6 Å². The summed E-state index contributed by atoms with van der Waals surface area (Å²) in [6.45, 7) is 1.74. The number of rotatable bonds is 2. The number of hydrogen-bond acceptors (Lipinski definition) is 4. The Morgan fingerprint density at radius 1 is 1.47 bits per heavy atom. The van der Waals surface area contributed by atoms with Gasteiger partial charge in [0.05, 0.1) is 11.7 Å². The second-order valence-corrected chi connectivity index (χ2v) is 4.96. The van der Waals surface area contributed by atoms with Gasteiger partial charge in [0.25, 0.3) is 0 Å². The third-order valence-corrected chi connectivity index (χ3v) is 3.58. The van der Waals surface area contributed by atoms with Crippen LogP contribution in [0.2, 0.25) is 5.02 Å². The Kier molecular flexibility index (Phi) is 1.91. The molecule has 0 amide bonds. The molecule has 15 heavy (non-hydrogen) atoms. The lowest BCUT2D eigenvalue weighted by molar-refractivity contribution is 0.289. The Hall–Kier alpha value is -0.870. The maximum absolute atomic E-state index is 6.26. The molecule has 1 aromatic heterocycles. The van der Waals surface area contributed by atoms with E-state index in [2.05, 4.69) is 14.9 Å². The molecule has 2 N–H and O–H groups in total. The summed E-state index contributed by atoms with van der Waals surface area (Å²) in [4.78, 5) is 10.2. The van der Waals surface area contributed by atoms with Gasteiger partial charge in [0.15, 0.2) is 5.82 Å². The van der Waals surface area contributed by atoms with E-state index in [0.29, 0.717) is 5.02 Å². The Morgan fingerprint density at radius 3 is 2.80 bits per heavy atom. The van der Waals surface area contributed by atoms with Gasteiger partial charge in [0, 0.05) is 13.1 Å². The van der Waals surface area contributed by atoms with E-state index in [0.717, 1.165) is 24.8 Å². The summed E-state index contributed by atoms with van der Waals surface area (Å²) < 4.78 is 0. The smallest absolute Gasteiger partial charge is 0.150 e. The van der Waals surface area contributed by atoms with Crippen LogP contribution in [0, 0.1) is 5.92 Å². The van der Waals surface area contributed by atoms with Crippen LogP contribution in [0.3, 0.4) is 0 Å². The summed E-state index contributed by atoms with van der Waals surface area (Å²) in [5.41, 5.74) is 6.27. The molecule has 3 rings (SSSR count). The fourth-order valence-corrected chi connectivity index (χ4v) is 2.49. The monoisotopic (exact) mass is 224 g/mol. The molecule has 1 aliphatic carbocycles. The van der Waals surface area contributed by atoms with Crippen molar-refractivity contribution in [2.45, 2.75) is 18.4 Å². The summed E-state index contributed by atoms with van der Waals surface area (Å²) in [5, 5.41) is 0.607. The molecule has 2 aliphatic rings. The molecule has 0 bridgehead atoms. The molecule has 1 saturated heterocycles. The topological polar surface area (TPSA) is 55.0 Å². The Morgan fingerprint density at radius 2 is 2.20 bits per heavy atom. The summed E-state index contributed by atoms with van der Waals surface area (Å²) in [5.74, 6) is 1.53. The van der Waals surface area contributed by atoms with Crippen LogP contribution in [0.25, 0.3) is 0 Å². The molecular weight excluding hydrogens is 212 g/mol. The van der Waals surface area contributed by atoms with E-state index < -0.39 is 0 Å². The molecule has 2 fully saturated rings. The molecule has 80 valence electrons. The quantitative estimate of drug-likeness (QED) is 0.816. The lowest BCUT2D eigenvalue weighted by Gasteiger charge is -2.49. The Bertz CT molecular complexity index is 385. The lowest BCUT2D eigenvalue weighted by Crippen LogP contribution is -2.69. The average Bonchev–Trinajstić information content (AvgIpc) is 2.97. The van der Waals surface area contributed by atoms with Gasteiger partial charge in [-0.05, 0) is 18.8 Å². The third-order valence-electron chi connectivity index (χ3n) is 3.31. The summed E-state index contributed by atoms with van der Waals surface area (Å²) in [7, 11) is 0. The maximum atomic E-state index is 6.26. The van der Waals surface area contributed by atoms with E-state index in [1.54, 1.807) is 6.20 Å². The van der Waals surface area contributed by atoms with Gasteiger partial charge < -0.3 is 10.6 Å². The molecule has 0 spiro atoms. The van der Waals surface area contributed by atoms with Crippen molar-refractivity contribution in [3.05, 3.63) is 17.5 Å². The second kappa shape index (κ2) is 3.06. The molecule has 0 unspecified atom stereocenters. The van der Waals surface area contributed by atoms with Crippen molar-refractivity contribution >= 4 is 17.4 Å². The fourth-order valence-electron chi connectivity index (χ4n) is 2.27. The number of anilines is 1. The van der Waals surface area contributed by atoms with E-state index >= 15 is 0 Å². The van der Waals surface area contributed by atoms with Gasteiger partial charge in [-0.3, -0.25) is 0 Å². The lowest BCUT2D eigenvalue weighted by atomic mass is 9.86. The standard InChI is InChI=1S/C10H13ClN4/c11-8-3-13-6-14-9(8)15-4-10(12,5-15)7-1-2-7/h3,6-7H,1-2,4-5,12H2. The van der Waals surface area contributed by atoms with Crippen LogP contribution >= 0.6 is 11.6 Å². The number of hydrogen-bond donors (Lipinski definition) is 1. The molecule has 0 radical (unpaired) electrons. The normalized spacial score (nSPS) is 23.7. The average molecular weight is 225 g/mol. The van der Waals surface area contributed by atoms with Crippen molar-refractivity contribution in [2.75, 3.05) is 18.0 Å². The van der Waals surface area contributed by atoms with Gasteiger partial charge in [-0.25, -0.2) is 9.97 Å². The number of nitrogens with zero attached hydrogens (tertiary/aromatic N) is 3. The molecule has 1 aliphatic heterocycles. The summed E-state index contributed by atoms with van der Waals surface area (Å²) in [6, 6.07) is 0. The van der Waals surface area contributed by atoms with E-state index in [1.165, 1.54) is 19.2 Å². The molecule has 4 nitrogen and oxygen atoms in total. The summed E-state index contributed by atoms with van der Waals surface area (Å²) in [6.07, 6.45) is 5.70. The zero-order valence-electron chi connectivity index (χ0n) is 8.36. The molecule has 0 aromatic carbocycles. The van der Waals surface area contributed by atoms with Crippen molar-refractivity contribution < 1.29 is 0 Å². The van der Waals surface area contributed by atoms with Crippen LogP contribution in [-0.4, -0.2) is 28.6 Å². The Labute approximate surface area is 93.5 Å². The molecule has 2 heterocycles. The highest BCUT2D eigenvalue weighted by molar-refractivity contribution is 6.32. The van der Waals surface area contributed by atoms with Crippen LogP contribution in [-0.2, 0) is 0 Å². The van der Waals surface area contributed by atoms with Crippen LogP contribution in [0.15, 0.2) is 12.5 Å². The van der Waals surface area contributed by atoms with Crippen LogP contribution in [0.1, 0.15) is 12.8 Å². The highest BCUT2D eigenvalue weighted by Crippen LogP contribution is 2.44. The van der Waals surface area contributed by atoms with E-state index in [-0.39, 0.29) is 5.54 Å². The highest BCUT2D eigenvalue weighted by atomic mass is 35.5. The van der Waals surface area contributed by atoms with Crippen molar-refractivity contribution in [3.8, 4) is 0 Å². The van der Waals surface area contributed by atoms with Gasteiger partial charge in [0.2, 0.25) is 0 Å². The van der Waals surface area contributed by atoms with Crippen LogP contribution < -0.4 is 10.6 Å². The van der Waals surface area contributed by atoms with Gasteiger partial charge in [0.1, 0.15) is 11.3 Å². The Balaban J connectivity index is 1.74. The number of halogens is 1. The largest absolute Gasteiger partial charge is 0.351 e. The minimum absolute atomic E-state index is 0.00821. The summed E-state index contributed by atoms with van der Waals surface area (Å²) >= 11 is 6.01. The first kappa shape index (κ1) is 9.36. The predicted molar refractivity (Wildman–Crippen MR) is 58.9 cm³/mol. The van der Waals surface area contributed by atoms with Crippen molar-refractivity contribution in [2.24, 2.45) is 11.7 Å². The van der Waals surface area contributed by atoms with E-state index in [1.807, 2.05) is 0 Å². The highest BCUT2D eigenvalue weighted by Gasteiger charge is 2.50. The minimum Gasteiger partial charge on any atom is -0.351 e. The van der Waals surface area contributed by atoms with Crippen molar-refractivity contribution in [3.63, 3.8) is 0 Å². The minimum atomic E-state index is 0.00821. The first-order valence-corrected chi connectivity index (χ1v) is 5.56. The predicted octanol–water partition coefficient (Wildman–Crippen LogP) is 1.06. The molecule has 1 aromatic rings. The van der Waals surface area contributed by atoms with E-state index in [4.69, 9.17) is 17.3 Å². The third kappa shape index (κ3) is 1.48. The number of nitrogens with two attached hydrogens (primary N) is 1. The zero-order chi connectivity index (χ0) is 10.5. The van der Waals surface area contributed by atoms with Gasteiger partial charge in [-0.15, -0.1) is 0 Å². The van der Waals surface area contributed by atoms with Gasteiger partial charge >= 0.3 is 0 Å². The fraction of sp³-hybridized carbons (Fsp3) is 0.600. The van der Waals surface area contributed by atoms with Crippen LogP contribution in [0.5, 0.6) is 0 Å². The van der Waals surface area contributed by atoms with Crippen LogP contribution in [0.4, 0.5) is 5.82 Å². The number of aromatic nitrogens is 2. The van der Waals surface area contributed by atoms with Crippen molar-refractivity contribution in [1.29, 1.82) is 0 Å². The maximum Gasteiger partial charge on any atom is 0.150 e. The van der Waals surface area contributed by atoms with Crippen molar-refractivity contribution in [1.82, 2.24) is 9.97 Å². The first-order chi connectivity index (χ1) is 7.19. The first-order valence-electron chi connectivity index (χ1n) is 5.18.